The third kappa shape index (κ3) is 4.25. The van der Waals surface area contributed by atoms with Crippen molar-refractivity contribution in [2.24, 2.45) is 5.73 Å². The molecular weight excluding hydrogens is 232 g/mol. The molecule has 0 aliphatic rings. The Bertz CT molecular complexity index is 394. The predicted octanol–water partition coefficient (Wildman–Crippen LogP) is 1.06. The first-order valence-corrected chi connectivity index (χ1v) is 5.97. The van der Waals surface area contributed by atoms with E-state index in [4.69, 9.17) is 15.2 Å². The van der Waals surface area contributed by atoms with Crippen molar-refractivity contribution in [1.82, 2.24) is 5.32 Å². The summed E-state index contributed by atoms with van der Waals surface area (Å²) >= 11 is 0. The highest BCUT2D eigenvalue weighted by molar-refractivity contribution is 5.76. The third-order valence-electron chi connectivity index (χ3n) is 2.39. The summed E-state index contributed by atoms with van der Waals surface area (Å²) in [7, 11) is 1.59. The van der Waals surface area contributed by atoms with E-state index in [9.17, 15) is 4.79 Å². The van der Waals surface area contributed by atoms with E-state index in [1.54, 1.807) is 7.11 Å². The Hall–Kier alpha value is -1.75. The van der Waals surface area contributed by atoms with Crippen molar-refractivity contribution >= 4 is 5.91 Å². The lowest BCUT2D eigenvalue weighted by Crippen LogP contribution is -2.24. The second-order valence-electron chi connectivity index (χ2n) is 3.73. The predicted molar refractivity (Wildman–Crippen MR) is 69.7 cm³/mol. The highest BCUT2D eigenvalue weighted by Crippen LogP contribution is 2.27. The Balaban J connectivity index is 2.64. The molecule has 0 radical (unpaired) electrons. The lowest BCUT2D eigenvalue weighted by molar-refractivity contribution is -0.121. The summed E-state index contributed by atoms with van der Waals surface area (Å²) in [4.78, 5) is 11.3. The number of ether oxygens (including phenoxy) is 2. The summed E-state index contributed by atoms with van der Waals surface area (Å²) in [5.74, 6) is 1.32. The lowest BCUT2D eigenvalue weighted by atomic mass is 10.2. The van der Waals surface area contributed by atoms with Gasteiger partial charge in [-0.15, -0.1) is 0 Å². The zero-order valence-corrected chi connectivity index (χ0v) is 10.9. The topological polar surface area (TPSA) is 73.6 Å². The standard InChI is InChI=1S/C13H20N2O3/c1-3-18-11-5-4-10(8-12(11)17-2)9-15-13(16)6-7-14/h4-5,8H,3,6-7,9,14H2,1-2H3,(H,15,16). The minimum atomic E-state index is -0.0506. The molecule has 0 saturated heterocycles. The van der Waals surface area contributed by atoms with Crippen LogP contribution in [0.2, 0.25) is 0 Å². The van der Waals surface area contributed by atoms with Crippen LogP contribution in [0.3, 0.4) is 0 Å². The zero-order valence-electron chi connectivity index (χ0n) is 10.9. The summed E-state index contributed by atoms with van der Waals surface area (Å²) in [6, 6.07) is 5.59. The largest absolute Gasteiger partial charge is 0.493 e. The van der Waals surface area contributed by atoms with Crippen LogP contribution in [0.25, 0.3) is 0 Å². The van der Waals surface area contributed by atoms with E-state index in [2.05, 4.69) is 5.32 Å². The van der Waals surface area contributed by atoms with Crippen molar-refractivity contribution in [1.29, 1.82) is 0 Å². The van der Waals surface area contributed by atoms with Gasteiger partial charge in [-0.3, -0.25) is 4.79 Å². The highest BCUT2D eigenvalue weighted by Gasteiger charge is 2.06. The molecule has 0 atom stereocenters. The van der Waals surface area contributed by atoms with E-state index in [1.807, 2.05) is 25.1 Å². The first kappa shape index (κ1) is 14.3. The number of rotatable bonds is 7. The van der Waals surface area contributed by atoms with Crippen LogP contribution in [-0.2, 0) is 11.3 Å². The molecule has 0 heterocycles. The number of amides is 1. The van der Waals surface area contributed by atoms with Crippen molar-refractivity contribution in [2.45, 2.75) is 19.9 Å². The van der Waals surface area contributed by atoms with Gasteiger partial charge in [-0.25, -0.2) is 0 Å². The molecule has 0 aliphatic heterocycles. The summed E-state index contributed by atoms with van der Waals surface area (Å²) in [5, 5.41) is 2.79. The van der Waals surface area contributed by atoms with Gasteiger partial charge >= 0.3 is 0 Å². The minimum absolute atomic E-state index is 0.0506. The number of nitrogens with two attached hydrogens (primary N) is 1. The van der Waals surface area contributed by atoms with Crippen molar-refractivity contribution in [3.05, 3.63) is 23.8 Å². The van der Waals surface area contributed by atoms with E-state index in [0.29, 0.717) is 37.6 Å². The van der Waals surface area contributed by atoms with E-state index in [-0.39, 0.29) is 5.91 Å². The van der Waals surface area contributed by atoms with Crippen LogP contribution in [0.1, 0.15) is 18.9 Å². The van der Waals surface area contributed by atoms with Gasteiger partial charge in [-0.1, -0.05) is 6.07 Å². The SMILES string of the molecule is CCOc1ccc(CNC(=O)CCN)cc1OC. The molecular formula is C13H20N2O3. The van der Waals surface area contributed by atoms with Gasteiger partial charge in [-0.05, 0) is 24.6 Å². The number of hydrogen-bond acceptors (Lipinski definition) is 4. The maximum atomic E-state index is 11.3. The van der Waals surface area contributed by atoms with Crippen LogP contribution in [0, 0.1) is 0 Å². The molecule has 5 nitrogen and oxygen atoms in total. The second kappa shape index (κ2) is 7.55. The molecule has 0 aliphatic carbocycles. The Morgan fingerprint density at radius 3 is 2.78 bits per heavy atom. The fourth-order valence-electron chi connectivity index (χ4n) is 1.52. The van der Waals surface area contributed by atoms with Gasteiger partial charge in [-0.2, -0.15) is 0 Å². The second-order valence-corrected chi connectivity index (χ2v) is 3.73. The Kier molecular flexibility index (Phi) is 6.00. The average Bonchev–Trinajstić information content (AvgIpc) is 2.38. The molecule has 0 saturated carbocycles. The molecule has 100 valence electrons. The third-order valence-corrected chi connectivity index (χ3v) is 2.39. The normalized spacial score (nSPS) is 9.94. The van der Waals surface area contributed by atoms with Crippen LogP contribution >= 0.6 is 0 Å². The zero-order chi connectivity index (χ0) is 13.4. The number of benzene rings is 1. The van der Waals surface area contributed by atoms with Crippen LogP contribution in [0.4, 0.5) is 0 Å². The smallest absolute Gasteiger partial charge is 0.221 e. The molecule has 0 aromatic heterocycles. The van der Waals surface area contributed by atoms with E-state index >= 15 is 0 Å². The lowest BCUT2D eigenvalue weighted by Gasteiger charge is -2.11. The average molecular weight is 252 g/mol. The summed E-state index contributed by atoms with van der Waals surface area (Å²) in [6.45, 7) is 3.32. The number of hydrogen-bond donors (Lipinski definition) is 2. The molecule has 1 aromatic rings. The maximum absolute atomic E-state index is 11.3. The first-order valence-electron chi connectivity index (χ1n) is 5.97. The van der Waals surface area contributed by atoms with Gasteiger partial charge in [0.1, 0.15) is 0 Å². The Labute approximate surface area is 107 Å². The van der Waals surface area contributed by atoms with Crippen molar-refractivity contribution in [2.75, 3.05) is 20.3 Å². The quantitative estimate of drug-likeness (QED) is 0.761. The molecule has 0 spiro atoms. The molecule has 1 amide bonds. The molecule has 0 unspecified atom stereocenters. The van der Waals surface area contributed by atoms with Gasteiger partial charge in [0.25, 0.3) is 0 Å². The van der Waals surface area contributed by atoms with E-state index in [0.717, 1.165) is 5.56 Å². The summed E-state index contributed by atoms with van der Waals surface area (Å²) in [5.41, 5.74) is 6.26. The molecule has 1 aromatic carbocycles. The van der Waals surface area contributed by atoms with Crippen molar-refractivity contribution in [3.8, 4) is 11.5 Å². The molecule has 18 heavy (non-hydrogen) atoms. The first-order chi connectivity index (χ1) is 8.71. The Morgan fingerprint density at radius 1 is 1.39 bits per heavy atom. The van der Waals surface area contributed by atoms with Gasteiger partial charge in [0.15, 0.2) is 11.5 Å². The Morgan fingerprint density at radius 2 is 2.17 bits per heavy atom. The van der Waals surface area contributed by atoms with Crippen LogP contribution in [0.5, 0.6) is 11.5 Å². The van der Waals surface area contributed by atoms with E-state index < -0.39 is 0 Å². The fourth-order valence-corrected chi connectivity index (χ4v) is 1.52. The number of carbonyl (C=O) groups is 1. The maximum Gasteiger partial charge on any atom is 0.221 e. The van der Waals surface area contributed by atoms with E-state index in [1.165, 1.54) is 0 Å². The number of carbonyl (C=O) groups excluding carboxylic acids is 1. The van der Waals surface area contributed by atoms with Gasteiger partial charge in [0.2, 0.25) is 5.91 Å². The summed E-state index contributed by atoms with van der Waals surface area (Å²) < 4.78 is 10.7. The monoisotopic (exact) mass is 252 g/mol. The molecule has 5 heteroatoms. The van der Waals surface area contributed by atoms with Gasteiger partial charge < -0.3 is 20.5 Å². The highest BCUT2D eigenvalue weighted by atomic mass is 16.5. The molecule has 1 rings (SSSR count). The van der Waals surface area contributed by atoms with Crippen LogP contribution in [0.15, 0.2) is 18.2 Å². The summed E-state index contributed by atoms with van der Waals surface area (Å²) in [6.07, 6.45) is 0.341. The molecule has 0 bridgehead atoms. The van der Waals surface area contributed by atoms with Crippen LogP contribution in [-0.4, -0.2) is 26.2 Å². The van der Waals surface area contributed by atoms with Crippen LogP contribution < -0.4 is 20.5 Å². The van der Waals surface area contributed by atoms with Crippen molar-refractivity contribution in [3.63, 3.8) is 0 Å². The molecule has 3 N–H and O–H groups in total. The van der Waals surface area contributed by atoms with Gasteiger partial charge in [0.05, 0.1) is 13.7 Å². The van der Waals surface area contributed by atoms with Crippen molar-refractivity contribution < 1.29 is 14.3 Å². The number of methoxy groups -OCH3 is 1. The minimum Gasteiger partial charge on any atom is -0.493 e. The fraction of sp³-hybridized carbons (Fsp3) is 0.462. The molecule has 0 fully saturated rings. The van der Waals surface area contributed by atoms with Gasteiger partial charge in [0, 0.05) is 19.5 Å². The number of nitrogens with one attached hydrogen (secondary N) is 1.